The van der Waals surface area contributed by atoms with Crippen LogP contribution in [0.2, 0.25) is 0 Å². The Morgan fingerprint density at radius 1 is 1.50 bits per heavy atom. The van der Waals surface area contributed by atoms with E-state index < -0.39 is 0 Å². The van der Waals surface area contributed by atoms with Crippen LogP contribution in [0.3, 0.4) is 0 Å². The summed E-state index contributed by atoms with van der Waals surface area (Å²) in [5, 5.41) is 0.567. The zero-order valence-electron chi connectivity index (χ0n) is 9.03. The molecule has 0 aliphatic rings. The molecule has 0 bridgehead atoms. The molecule has 0 N–H and O–H groups in total. The van der Waals surface area contributed by atoms with Crippen LogP contribution >= 0.6 is 11.6 Å². The van der Waals surface area contributed by atoms with Crippen LogP contribution in [0.25, 0.3) is 10.9 Å². The first-order valence-electron chi connectivity index (χ1n) is 4.77. The first kappa shape index (κ1) is 11.0. The molecular formula is C11H11ClN2O2. The third-order valence-corrected chi connectivity index (χ3v) is 2.74. The molecule has 0 fully saturated rings. The molecule has 2 rings (SSSR count). The summed E-state index contributed by atoms with van der Waals surface area (Å²) in [6.07, 6.45) is 0. The average molecular weight is 239 g/mol. The quantitative estimate of drug-likeness (QED) is 0.748. The number of halogens is 1. The van der Waals surface area contributed by atoms with Crippen molar-refractivity contribution >= 4 is 22.5 Å². The summed E-state index contributed by atoms with van der Waals surface area (Å²) in [7, 11) is 3.24. The standard InChI is InChI=1S/C11H11ClN2O2/c1-14-10(6-12)13-9-5-7(16-2)3-4-8(9)11(14)15/h3-5H,6H2,1-2H3. The Balaban J connectivity index is 2.82. The van der Waals surface area contributed by atoms with E-state index >= 15 is 0 Å². The van der Waals surface area contributed by atoms with Crippen LogP contribution in [-0.2, 0) is 12.9 Å². The van der Waals surface area contributed by atoms with Gasteiger partial charge in [-0.25, -0.2) is 4.98 Å². The number of fused-ring (bicyclic) bond motifs is 1. The number of aromatic nitrogens is 2. The topological polar surface area (TPSA) is 44.1 Å². The largest absolute Gasteiger partial charge is 0.497 e. The fraction of sp³-hybridized carbons (Fsp3) is 0.273. The molecule has 0 aliphatic heterocycles. The van der Waals surface area contributed by atoms with Crippen molar-refractivity contribution in [3.8, 4) is 5.75 Å². The Kier molecular flexibility index (Phi) is 2.83. The molecule has 0 radical (unpaired) electrons. The van der Waals surface area contributed by atoms with Crippen molar-refractivity contribution in [1.82, 2.24) is 9.55 Å². The number of nitrogens with zero attached hydrogens (tertiary/aromatic N) is 2. The van der Waals surface area contributed by atoms with E-state index in [1.165, 1.54) is 4.57 Å². The lowest BCUT2D eigenvalue weighted by atomic mass is 10.2. The van der Waals surface area contributed by atoms with E-state index in [4.69, 9.17) is 16.3 Å². The normalized spacial score (nSPS) is 10.7. The van der Waals surface area contributed by atoms with Gasteiger partial charge >= 0.3 is 0 Å². The molecule has 0 amide bonds. The molecule has 0 saturated carbocycles. The minimum atomic E-state index is -0.0942. The molecule has 1 heterocycles. The van der Waals surface area contributed by atoms with Crippen molar-refractivity contribution in [2.75, 3.05) is 7.11 Å². The van der Waals surface area contributed by atoms with Crippen LogP contribution in [0.5, 0.6) is 5.75 Å². The van der Waals surface area contributed by atoms with E-state index in [1.807, 2.05) is 0 Å². The Morgan fingerprint density at radius 2 is 2.25 bits per heavy atom. The minimum absolute atomic E-state index is 0.0942. The van der Waals surface area contributed by atoms with Crippen molar-refractivity contribution in [3.63, 3.8) is 0 Å². The molecule has 84 valence electrons. The first-order valence-corrected chi connectivity index (χ1v) is 5.30. The number of hydrogen-bond donors (Lipinski definition) is 0. The highest BCUT2D eigenvalue weighted by atomic mass is 35.5. The summed E-state index contributed by atoms with van der Waals surface area (Å²) in [6, 6.07) is 5.18. The lowest BCUT2D eigenvalue weighted by molar-refractivity contribution is 0.415. The van der Waals surface area contributed by atoms with Gasteiger partial charge in [-0.2, -0.15) is 0 Å². The molecule has 4 nitrogen and oxygen atoms in total. The van der Waals surface area contributed by atoms with Gasteiger partial charge in [-0.1, -0.05) is 0 Å². The van der Waals surface area contributed by atoms with Gasteiger partial charge in [0.1, 0.15) is 11.6 Å². The van der Waals surface area contributed by atoms with E-state index in [0.717, 1.165) is 0 Å². The van der Waals surface area contributed by atoms with Gasteiger partial charge < -0.3 is 4.74 Å². The summed E-state index contributed by atoms with van der Waals surface area (Å²) in [4.78, 5) is 16.2. The zero-order valence-corrected chi connectivity index (χ0v) is 9.78. The second-order valence-corrected chi connectivity index (χ2v) is 3.68. The molecule has 1 aromatic heterocycles. The van der Waals surface area contributed by atoms with E-state index in [-0.39, 0.29) is 11.4 Å². The van der Waals surface area contributed by atoms with E-state index in [1.54, 1.807) is 32.4 Å². The van der Waals surface area contributed by atoms with Gasteiger partial charge in [-0.15, -0.1) is 11.6 Å². The number of alkyl halides is 1. The number of hydrogen-bond acceptors (Lipinski definition) is 3. The number of ether oxygens (including phenoxy) is 1. The summed E-state index contributed by atoms with van der Waals surface area (Å²) >= 11 is 5.72. The van der Waals surface area contributed by atoms with Crippen LogP contribution in [0.15, 0.2) is 23.0 Å². The van der Waals surface area contributed by atoms with Gasteiger partial charge in [0.05, 0.1) is 23.9 Å². The molecule has 0 unspecified atom stereocenters. The molecule has 0 saturated heterocycles. The van der Waals surface area contributed by atoms with Crippen molar-refractivity contribution in [3.05, 3.63) is 34.4 Å². The molecule has 0 atom stereocenters. The first-order chi connectivity index (χ1) is 7.67. The predicted octanol–water partition coefficient (Wildman–Crippen LogP) is 1.68. The minimum Gasteiger partial charge on any atom is -0.497 e. The van der Waals surface area contributed by atoms with Crippen molar-refractivity contribution in [2.45, 2.75) is 5.88 Å². The van der Waals surface area contributed by atoms with Gasteiger partial charge in [0.15, 0.2) is 0 Å². The molecular weight excluding hydrogens is 228 g/mol. The van der Waals surface area contributed by atoms with Gasteiger partial charge in [-0.3, -0.25) is 9.36 Å². The third-order valence-electron chi connectivity index (χ3n) is 2.50. The number of methoxy groups -OCH3 is 1. The van der Waals surface area contributed by atoms with Crippen LogP contribution in [-0.4, -0.2) is 16.7 Å². The number of rotatable bonds is 2. The third kappa shape index (κ3) is 1.65. The van der Waals surface area contributed by atoms with Gasteiger partial charge in [0.2, 0.25) is 0 Å². The molecule has 0 aliphatic carbocycles. The van der Waals surface area contributed by atoms with Crippen LogP contribution in [0.1, 0.15) is 5.82 Å². The van der Waals surface area contributed by atoms with Crippen molar-refractivity contribution in [2.24, 2.45) is 7.05 Å². The molecule has 16 heavy (non-hydrogen) atoms. The van der Waals surface area contributed by atoms with Gasteiger partial charge in [-0.05, 0) is 12.1 Å². The summed E-state index contributed by atoms with van der Waals surface area (Å²) in [5.41, 5.74) is 0.515. The Hall–Kier alpha value is -1.55. The maximum absolute atomic E-state index is 11.9. The second-order valence-electron chi connectivity index (χ2n) is 3.41. The average Bonchev–Trinajstić information content (AvgIpc) is 2.33. The van der Waals surface area contributed by atoms with Crippen molar-refractivity contribution in [1.29, 1.82) is 0 Å². The van der Waals surface area contributed by atoms with Crippen LogP contribution in [0.4, 0.5) is 0 Å². The van der Waals surface area contributed by atoms with Crippen molar-refractivity contribution < 1.29 is 4.74 Å². The highest BCUT2D eigenvalue weighted by Gasteiger charge is 2.07. The molecule has 0 spiro atoms. The summed E-state index contributed by atoms with van der Waals surface area (Å²) in [5.74, 6) is 1.43. The second kappa shape index (κ2) is 4.14. The lowest BCUT2D eigenvalue weighted by Gasteiger charge is -2.07. The monoisotopic (exact) mass is 238 g/mol. The fourth-order valence-corrected chi connectivity index (χ4v) is 1.78. The Morgan fingerprint density at radius 3 is 2.88 bits per heavy atom. The zero-order chi connectivity index (χ0) is 11.7. The summed E-state index contributed by atoms with van der Waals surface area (Å²) in [6.45, 7) is 0. The number of benzene rings is 1. The predicted molar refractivity (Wildman–Crippen MR) is 63.1 cm³/mol. The maximum atomic E-state index is 11.9. The maximum Gasteiger partial charge on any atom is 0.261 e. The van der Waals surface area contributed by atoms with Crippen LogP contribution < -0.4 is 10.3 Å². The lowest BCUT2D eigenvalue weighted by Crippen LogP contribution is -2.21. The fourth-order valence-electron chi connectivity index (χ4n) is 1.54. The smallest absolute Gasteiger partial charge is 0.261 e. The highest BCUT2D eigenvalue weighted by Crippen LogP contribution is 2.17. The van der Waals surface area contributed by atoms with E-state index in [9.17, 15) is 4.79 Å². The van der Waals surface area contributed by atoms with Crippen LogP contribution in [0, 0.1) is 0 Å². The summed E-state index contributed by atoms with van der Waals surface area (Å²) < 4.78 is 6.54. The SMILES string of the molecule is COc1ccc2c(=O)n(C)c(CCl)nc2c1. The Labute approximate surface area is 97.4 Å². The van der Waals surface area contributed by atoms with Gasteiger partial charge in [0.25, 0.3) is 5.56 Å². The van der Waals surface area contributed by atoms with E-state index in [0.29, 0.717) is 22.5 Å². The highest BCUT2D eigenvalue weighted by molar-refractivity contribution is 6.16. The Bertz CT molecular complexity index is 592. The molecule has 5 heteroatoms. The molecule has 1 aromatic carbocycles. The molecule has 2 aromatic rings. The van der Waals surface area contributed by atoms with E-state index in [2.05, 4.69) is 4.98 Å². The van der Waals surface area contributed by atoms with Gasteiger partial charge in [0, 0.05) is 13.1 Å².